The fourth-order valence-electron chi connectivity index (χ4n) is 2.10. The number of fused-ring (bicyclic) bond motifs is 1. The number of nitrogens with zero attached hydrogens (tertiary/aromatic N) is 1. The van der Waals surface area contributed by atoms with Gasteiger partial charge in [-0.05, 0) is 17.7 Å². The zero-order valence-corrected chi connectivity index (χ0v) is 10.4. The highest BCUT2D eigenvalue weighted by Crippen LogP contribution is 2.30. The Labute approximate surface area is 114 Å². The van der Waals surface area contributed by atoms with Crippen LogP contribution in [0.2, 0.25) is 0 Å². The lowest BCUT2D eigenvalue weighted by Gasteiger charge is -2.06. The second-order valence-corrected chi connectivity index (χ2v) is 4.44. The van der Waals surface area contributed by atoms with Crippen LogP contribution in [0.1, 0.15) is 17.4 Å². The normalized spacial score (nSPS) is 12.4. The van der Waals surface area contributed by atoms with Gasteiger partial charge < -0.3 is 9.52 Å². The molecule has 0 radical (unpaired) electrons. The minimum Gasteiger partial charge on any atom is -0.458 e. The summed E-state index contributed by atoms with van der Waals surface area (Å²) in [5, 5.41) is 21.6. The Kier molecular flexibility index (Phi) is 2.96. The molecule has 0 fully saturated rings. The first-order valence-electron chi connectivity index (χ1n) is 6.06. The summed E-state index contributed by atoms with van der Waals surface area (Å²) in [6, 6.07) is 15.1. The van der Waals surface area contributed by atoms with Gasteiger partial charge in [-0.15, -0.1) is 0 Å². The molecule has 5 nitrogen and oxygen atoms in total. The van der Waals surface area contributed by atoms with E-state index in [1.807, 2.05) is 18.2 Å². The van der Waals surface area contributed by atoms with Crippen molar-refractivity contribution in [1.82, 2.24) is 0 Å². The van der Waals surface area contributed by atoms with Crippen LogP contribution in [0.5, 0.6) is 0 Å². The highest BCUT2D eigenvalue weighted by atomic mass is 16.6. The van der Waals surface area contributed by atoms with E-state index in [1.165, 1.54) is 18.2 Å². The maximum Gasteiger partial charge on any atom is 0.270 e. The van der Waals surface area contributed by atoms with E-state index in [0.29, 0.717) is 22.3 Å². The number of non-ortho nitro benzene ring substituents is 1. The monoisotopic (exact) mass is 269 g/mol. The van der Waals surface area contributed by atoms with Crippen molar-refractivity contribution < 1.29 is 14.4 Å². The summed E-state index contributed by atoms with van der Waals surface area (Å²) in [6.07, 6.45) is -0.886. The van der Waals surface area contributed by atoms with Crippen molar-refractivity contribution in [2.45, 2.75) is 6.10 Å². The third-order valence-electron chi connectivity index (χ3n) is 3.11. The number of hydrogen-bond donors (Lipinski definition) is 1. The molecule has 1 heterocycles. The van der Waals surface area contributed by atoms with E-state index in [1.54, 1.807) is 18.2 Å². The number of rotatable bonds is 3. The summed E-state index contributed by atoms with van der Waals surface area (Å²) in [6.45, 7) is 0. The highest BCUT2D eigenvalue weighted by molar-refractivity contribution is 5.80. The molecule has 0 bridgehead atoms. The fourth-order valence-corrected chi connectivity index (χ4v) is 2.10. The maximum absolute atomic E-state index is 10.7. The van der Waals surface area contributed by atoms with Crippen LogP contribution in [-0.4, -0.2) is 10.0 Å². The molecular weight excluding hydrogens is 258 g/mol. The first-order valence-corrected chi connectivity index (χ1v) is 6.06. The molecule has 100 valence electrons. The van der Waals surface area contributed by atoms with Crippen LogP contribution < -0.4 is 0 Å². The van der Waals surface area contributed by atoms with Crippen LogP contribution in [0, 0.1) is 10.1 Å². The van der Waals surface area contributed by atoms with Gasteiger partial charge >= 0.3 is 0 Å². The van der Waals surface area contributed by atoms with Crippen molar-refractivity contribution in [1.29, 1.82) is 0 Å². The molecule has 3 aromatic rings. The van der Waals surface area contributed by atoms with Gasteiger partial charge in [0, 0.05) is 17.5 Å². The smallest absolute Gasteiger partial charge is 0.270 e. The molecule has 0 amide bonds. The SMILES string of the molecule is O=[N+]([O-])c1ccc2oc(C(O)c3ccccc3)cc2c1. The van der Waals surface area contributed by atoms with Gasteiger partial charge in [0.2, 0.25) is 0 Å². The zero-order valence-electron chi connectivity index (χ0n) is 10.4. The lowest BCUT2D eigenvalue weighted by Crippen LogP contribution is -1.96. The van der Waals surface area contributed by atoms with Crippen LogP contribution in [-0.2, 0) is 0 Å². The minimum atomic E-state index is -0.886. The van der Waals surface area contributed by atoms with Gasteiger partial charge in [0.25, 0.3) is 5.69 Å². The van der Waals surface area contributed by atoms with Crippen molar-refractivity contribution >= 4 is 16.7 Å². The molecule has 5 heteroatoms. The number of nitro groups is 1. The van der Waals surface area contributed by atoms with Gasteiger partial charge in [-0.1, -0.05) is 30.3 Å². The van der Waals surface area contributed by atoms with E-state index >= 15 is 0 Å². The van der Waals surface area contributed by atoms with Crippen molar-refractivity contribution in [3.63, 3.8) is 0 Å². The summed E-state index contributed by atoms with van der Waals surface area (Å²) in [7, 11) is 0. The highest BCUT2D eigenvalue weighted by Gasteiger charge is 2.16. The van der Waals surface area contributed by atoms with E-state index in [0.717, 1.165) is 0 Å². The number of aliphatic hydroxyl groups excluding tert-OH is 1. The predicted molar refractivity (Wildman–Crippen MR) is 73.4 cm³/mol. The largest absolute Gasteiger partial charge is 0.458 e. The summed E-state index contributed by atoms with van der Waals surface area (Å²) in [5.41, 5.74) is 1.22. The van der Waals surface area contributed by atoms with Crippen LogP contribution in [0.15, 0.2) is 59.0 Å². The molecule has 0 saturated carbocycles. The topological polar surface area (TPSA) is 76.5 Å². The summed E-state index contributed by atoms with van der Waals surface area (Å²) in [4.78, 5) is 10.3. The minimum absolute atomic E-state index is 0.000879. The first-order chi connectivity index (χ1) is 9.65. The van der Waals surface area contributed by atoms with E-state index in [9.17, 15) is 15.2 Å². The predicted octanol–water partition coefficient (Wildman–Crippen LogP) is 3.42. The molecule has 1 N–H and O–H groups in total. The molecule has 0 spiro atoms. The zero-order chi connectivity index (χ0) is 14.1. The summed E-state index contributed by atoms with van der Waals surface area (Å²) < 4.78 is 5.55. The van der Waals surface area contributed by atoms with E-state index in [2.05, 4.69) is 0 Å². The second-order valence-electron chi connectivity index (χ2n) is 4.44. The summed E-state index contributed by atoms with van der Waals surface area (Å²) >= 11 is 0. The standard InChI is InChI=1S/C15H11NO4/c17-15(10-4-2-1-3-5-10)14-9-11-8-12(16(18)19)6-7-13(11)20-14/h1-9,15,17H. The molecule has 0 saturated heterocycles. The first kappa shape index (κ1) is 12.4. The van der Waals surface area contributed by atoms with E-state index in [4.69, 9.17) is 4.42 Å². The van der Waals surface area contributed by atoms with Crippen molar-refractivity contribution in [2.24, 2.45) is 0 Å². The van der Waals surface area contributed by atoms with E-state index in [-0.39, 0.29) is 5.69 Å². The van der Waals surface area contributed by atoms with Crippen LogP contribution >= 0.6 is 0 Å². The van der Waals surface area contributed by atoms with Crippen LogP contribution in [0.4, 0.5) is 5.69 Å². The van der Waals surface area contributed by atoms with Gasteiger partial charge in [0.1, 0.15) is 17.4 Å². The van der Waals surface area contributed by atoms with Crippen LogP contribution in [0.25, 0.3) is 11.0 Å². The third kappa shape index (κ3) is 2.15. The number of hydrogen-bond acceptors (Lipinski definition) is 4. The maximum atomic E-state index is 10.7. The van der Waals surface area contributed by atoms with Gasteiger partial charge in [-0.3, -0.25) is 10.1 Å². The second kappa shape index (κ2) is 4.79. The Hall–Kier alpha value is -2.66. The molecule has 0 aliphatic carbocycles. The molecule has 3 rings (SSSR count). The number of aliphatic hydroxyl groups is 1. The molecule has 1 unspecified atom stereocenters. The van der Waals surface area contributed by atoms with Crippen molar-refractivity contribution in [3.8, 4) is 0 Å². The lowest BCUT2D eigenvalue weighted by atomic mass is 10.1. The molecular formula is C15H11NO4. The van der Waals surface area contributed by atoms with Crippen molar-refractivity contribution in [3.05, 3.63) is 76.0 Å². The number of benzene rings is 2. The van der Waals surface area contributed by atoms with Crippen LogP contribution in [0.3, 0.4) is 0 Å². The Morgan fingerprint density at radius 2 is 1.85 bits per heavy atom. The summed E-state index contributed by atoms with van der Waals surface area (Å²) in [5.74, 6) is 0.367. The Morgan fingerprint density at radius 3 is 2.55 bits per heavy atom. The van der Waals surface area contributed by atoms with Gasteiger partial charge in [-0.2, -0.15) is 0 Å². The molecule has 1 aromatic heterocycles. The third-order valence-corrected chi connectivity index (χ3v) is 3.11. The van der Waals surface area contributed by atoms with Gasteiger partial charge in [0.05, 0.1) is 4.92 Å². The number of nitro benzene ring substituents is 1. The van der Waals surface area contributed by atoms with Crippen molar-refractivity contribution in [2.75, 3.05) is 0 Å². The molecule has 0 aliphatic heterocycles. The number of furan rings is 1. The Morgan fingerprint density at radius 1 is 1.10 bits per heavy atom. The fraction of sp³-hybridized carbons (Fsp3) is 0.0667. The van der Waals surface area contributed by atoms with E-state index < -0.39 is 11.0 Å². The Balaban J connectivity index is 2.03. The Bertz CT molecular complexity index is 764. The lowest BCUT2D eigenvalue weighted by molar-refractivity contribution is -0.384. The average Bonchev–Trinajstić information content (AvgIpc) is 2.90. The molecule has 20 heavy (non-hydrogen) atoms. The quantitative estimate of drug-likeness (QED) is 0.583. The van der Waals surface area contributed by atoms with Gasteiger partial charge in [0.15, 0.2) is 0 Å². The molecule has 0 aliphatic rings. The average molecular weight is 269 g/mol. The molecule has 2 aromatic carbocycles. The molecule has 1 atom stereocenters. The van der Waals surface area contributed by atoms with Gasteiger partial charge in [-0.25, -0.2) is 0 Å².